The number of benzene rings is 2. The number of carbonyl (C=O) groups is 2. The summed E-state index contributed by atoms with van der Waals surface area (Å²) >= 11 is 1.36. The van der Waals surface area contributed by atoms with Crippen molar-refractivity contribution in [2.75, 3.05) is 31.0 Å². The van der Waals surface area contributed by atoms with Crippen molar-refractivity contribution in [3.8, 4) is 22.8 Å². The third-order valence-corrected chi connectivity index (χ3v) is 5.74. The molecule has 30 heavy (non-hydrogen) atoms. The zero-order valence-corrected chi connectivity index (χ0v) is 17.4. The Morgan fingerprint density at radius 2 is 1.97 bits per heavy atom. The van der Waals surface area contributed by atoms with Crippen molar-refractivity contribution in [1.29, 1.82) is 0 Å². The highest BCUT2D eigenvalue weighted by atomic mass is 32.1. The number of amides is 2. The standard InChI is InChI=1S/C22H21N3O4S/c1-28-16-8-9-18(19(11-16)29-2)25-12-15(10-20(25)26)21(27)24-22-23-17(13-30-22)14-6-4-3-5-7-14/h3-9,11,13,15H,10,12H2,1-2H3,(H,23,24,27). The van der Waals surface area contributed by atoms with Gasteiger partial charge in [-0.1, -0.05) is 30.3 Å². The first kappa shape index (κ1) is 19.9. The van der Waals surface area contributed by atoms with E-state index in [1.54, 1.807) is 30.2 Å². The highest BCUT2D eigenvalue weighted by Crippen LogP contribution is 2.36. The number of carbonyl (C=O) groups excluding carboxylic acids is 2. The van der Waals surface area contributed by atoms with E-state index in [-0.39, 0.29) is 24.8 Å². The summed E-state index contributed by atoms with van der Waals surface area (Å²) in [4.78, 5) is 31.4. The summed E-state index contributed by atoms with van der Waals surface area (Å²) < 4.78 is 10.6. The number of thiazole rings is 1. The van der Waals surface area contributed by atoms with E-state index >= 15 is 0 Å². The van der Waals surface area contributed by atoms with Gasteiger partial charge in [0.25, 0.3) is 0 Å². The highest BCUT2D eigenvalue weighted by molar-refractivity contribution is 7.14. The zero-order valence-electron chi connectivity index (χ0n) is 16.6. The van der Waals surface area contributed by atoms with Crippen LogP contribution in [0, 0.1) is 5.92 Å². The maximum absolute atomic E-state index is 12.8. The maximum atomic E-state index is 12.8. The molecule has 0 saturated carbocycles. The van der Waals surface area contributed by atoms with Crippen molar-refractivity contribution >= 4 is 34.0 Å². The molecule has 2 aromatic carbocycles. The van der Waals surface area contributed by atoms with Crippen LogP contribution in [0.2, 0.25) is 0 Å². The Morgan fingerprint density at radius 3 is 2.70 bits per heavy atom. The number of aromatic nitrogens is 1. The van der Waals surface area contributed by atoms with Crippen molar-refractivity contribution in [2.24, 2.45) is 5.92 Å². The van der Waals surface area contributed by atoms with E-state index in [1.165, 1.54) is 18.4 Å². The monoisotopic (exact) mass is 423 g/mol. The molecule has 0 bridgehead atoms. The molecule has 1 aromatic heterocycles. The van der Waals surface area contributed by atoms with E-state index in [1.807, 2.05) is 35.7 Å². The Labute approximate surface area is 178 Å². The van der Waals surface area contributed by atoms with Crippen LogP contribution in [0.1, 0.15) is 6.42 Å². The van der Waals surface area contributed by atoms with Crippen molar-refractivity contribution in [1.82, 2.24) is 4.98 Å². The minimum Gasteiger partial charge on any atom is -0.497 e. The Hall–Kier alpha value is -3.39. The van der Waals surface area contributed by atoms with Crippen LogP contribution in [-0.2, 0) is 9.59 Å². The summed E-state index contributed by atoms with van der Waals surface area (Å²) in [6.45, 7) is 0.282. The fourth-order valence-electron chi connectivity index (χ4n) is 3.40. The smallest absolute Gasteiger partial charge is 0.231 e. The number of anilines is 2. The van der Waals surface area contributed by atoms with Gasteiger partial charge >= 0.3 is 0 Å². The van der Waals surface area contributed by atoms with Gasteiger partial charge in [-0.15, -0.1) is 11.3 Å². The minimum absolute atomic E-state index is 0.122. The van der Waals surface area contributed by atoms with Crippen LogP contribution in [0.3, 0.4) is 0 Å². The molecule has 1 saturated heterocycles. The lowest BCUT2D eigenvalue weighted by Crippen LogP contribution is -2.28. The summed E-state index contributed by atoms with van der Waals surface area (Å²) in [5.74, 6) is 0.356. The molecule has 7 nitrogen and oxygen atoms in total. The van der Waals surface area contributed by atoms with Crippen LogP contribution in [-0.4, -0.2) is 37.6 Å². The topological polar surface area (TPSA) is 80.8 Å². The van der Waals surface area contributed by atoms with Gasteiger partial charge in [0.1, 0.15) is 11.5 Å². The van der Waals surface area contributed by atoms with Crippen molar-refractivity contribution in [3.63, 3.8) is 0 Å². The molecule has 0 spiro atoms. The lowest BCUT2D eigenvalue weighted by Gasteiger charge is -2.20. The molecule has 1 N–H and O–H groups in total. The summed E-state index contributed by atoms with van der Waals surface area (Å²) in [5.41, 5.74) is 2.42. The first-order valence-corrected chi connectivity index (χ1v) is 10.3. The Kier molecular flexibility index (Phi) is 5.67. The summed E-state index contributed by atoms with van der Waals surface area (Å²) in [5, 5.41) is 5.27. The molecule has 2 heterocycles. The molecule has 1 aliphatic heterocycles. The van der Waals surface area contributed by atoms with Gasteiger partial charge in [0.15, 0.2) is 5.13 Å². The Bertz CT molecular complexity index is 1070. The van der Waals surface area contributed by atoms with Crippen molar-refractivity contribution in [3.05, 3.63) is 53.9 Å². The summed E-state index contributed by atoms with van der Waals surface area (Å²) in [6, 6.07) is 15.0. The summed E-state index contributed by atoms with van der Waals surface area (Å²) in [7, 11) is 3.10. The molecule has 3 aromatic rings. The lowest BCUT2D eigenvalue weighted by molar-refractivity contribution is -0.122. The average molecular weight is 423 g/mol. The Morgan fingerprint density at radius 1 is 1.17 bits per heavy atom. The second-order valence-corrected chi connectivity index (χ2v) is 7.69. The van der Waals surface area contributed by atoms with Gasteiger partial charge in [0.05, 0.1) is 31.5 Å². The highest BCUT2D eigenvalue weighted by Gasteiger charge is 2.36. The number of hydrogen-bond donors (Lipinski definition) is 1. The normalized spacial score (nSPS) is 15.9. The molecule has 154 valence electrons. The van der Waals surface area contributed by atoms with E-state index in [0.717, 1.165) is 11.3 Å². The molecule has 1 atom stereocenters. The molecular weight excluding hydrogens is 402 g/mol. The molecule has 0 aliphatic carbocycles. The summed E-state index contributed by atoms with van der Waals surface area (Å²) in [6.07, 6.45) is 0.137. The van der Waals surface area contributed by atoms with Gasteiger partial charge in [-0.3, -0.25) is 9.59 Å². The minimum atomic E-state index is -0.464. The number of ether oxygens (including phenoxy) is 2. The van der Waals surface area contributed by atoms with E-state index in [0.29, 0.717) is 22.3 Å². The number of methoxy groups -OCH3 is 2. The maximum Gasteiger partial charge on any atom is 0.231 e. The van der Waals surface area contributed by atoms with Crippen LogP contribution < -0.4 is 19.7 Å². The molecule has 8 heteroatoms. The third-order valence-electron chi connectivity index (χ3n) is 4.98. The van der Waals surface area contributed by atoms with Gasteiger partial charge in [0, 0.05) is 30.0 Å². The quantitative estimate of drug-likeness (QED) is 0.652. The van der Waals surface area contributed by atoms with Gasteiger partial charge in [-0.2, -0.15) is 0 Å². The van der Waals surface area contributed by atoms with Crippen LogP contribution in [0.4, 0.5) is 10.8 Å². The molecule has 2 amide bonds. The van der Waals surface area contributed by atoms with E-state index in [2.05, 4.69) is 10.3 Å². The zero-order chi connectivity index (χ0) is 21.1. The molecule has 1 fully saturated rings. The van der Waals surface area contributed by atoms with Crippen molar-refractivity contribution in [2.45, 2.75) is 6.42 Å². The lowest BCUT2D eigenvalue weighted by atomic mass is 10.1. The fraction of sp³-hybridized carbons (Fsp3) is 0.227. The van der Waals surface area contributed by atoms with Crippen LogP contribution in [0.25, 0.3) is 11.3 Å². The number of hydrogen-bond acceptors (Lipinski definition) is 6. The molecular formula is C22H21N3O4S. The van der Waals surface area contributed by atoms with Crippen LogP contribution >= 0.6 is 11.3 Å². The van der Waals surface area contributed by atoms with Gasteiger partial charge in [-0.25, -0.2) is 4.98 Å². The molecule has 1 aliphatic rings. The number of nitrogens with one attached hydrogen (secondary N) is 1. The average Bonchev–Trinajstić information content (AvgIpc) is 3.40. The van der Waals surface area contributed by atoms with E-state index < -0.39 is 5.92 Å². The Balaban J connectivity index is 1.46. The first-order chi connectivity index (χ1) is 14.6. The fourth-order valence-corrected chi connectivity index (χ4v) is 4.13. The van der Waals surface area contributed by atoms with Crippen LogP contribution in [0.5, 0.6) is 11.5 Å². The predicted molar refractivity (Wildman–Crippen MR) is 116 cm³/mol. The SMILES string of the molecule is COc1ccc(N2CC(C(=O)Nc3nc(-c4ccccc4)cs3)CC2=O)c(OC)c1. The van der Waals surface area contributed by atoms with Gasteiger partial charge < -0.3 is 19.7 Å². The second kappa shape index (κ2) is 8.54. The third kappa shape index (κ3) is 3.99. The largest absolute Gasteiger partial charge is 0.497 e. The van der Waals surface area contributed by atoms with Crippen LogP contribution in [0.15, 0.2) is 53.9 Å². The number of nitrogens with zero attached hydrogens (tertiary/aromatic N) is 2. The van der Waals surface area contributed by atoms with E-state index in [9.17, 15) is 9.59 Å². The number of rotatable bonds is 6. The molecule has 0 radical (unpaired) electrons. The van der Waals surface area contributed by atoms with Gasteiger partial charge in [0.2, 0.25) is 11.8 Å². The molecule has 4 rings (SSSR count). The van der Waals surface area contributed by atoms with E-state index in [4.69, 9.17) is 9.47 Å². The predicted octanol–water partition coefficient (Wildman–Crippen LogP) is 3.82. The van der Waals surface area contributed by atoms with Gasteiger partial charge in [-0.05, 0) is 12.1 Å². The second-order valence-electron chi connectivity index (χ2n) is 6.84. The van der Waals surface area contributed by atoms with Crippen molar-refractivity contribution < 1.29 is 19.1 Å². The first-order valence-electron chi connectivity index (χ1n) is 9.43. The molecule has 1 unspecified atom stereocenters.